The number of benzene rings is 1. The van der Waals surface area contributed by atoms with Gasteiger partial charge in [-0.05, 0) is 42.2 Å². The van der Waals surface area contributed by atoms with Crippen molar-refractivity contribution in [3.8, 4) is 0 Å². The van der Waals surface area contributed by atoms with Crippen molar-refractivity contribution in [1.82, 2.24) is 10.2 Å². The molecule has 1 aromatic heterocycles. The Kier molecular flexibility index (Phi) is 4.84. The van der Waals surface area contributed by atoms with Gasteiger partial charge in [-0.2, -0.15) is 0 Å². The highest BCUT2D eigenvalue weighted by Crippen LogP contribution is 2.16. The predicted molar refractivity (Wildman–Crippen MR) is 90.7 cm³/mol. The van der Waals surface area contributed by atoms with Crippen LogP contribution >= 0.6 is 0 Å². The van der Waals surface area contributed by atoms with Gasteiger partial charge in [-0.15, -0.1) is 0 Å². The van der Waals surface area contributed by atoms with Crippen molar-refractivity contribution < 1.29 is 14.0 Å². The Morgan fingerprint density at radius 1 is 1.29 bits per heavy atom. The Morgan fingerprint density at radius 3 is 2.88 bits per heavy atom. The minimum absolute atomic E-state index is 0.0376. The first kappa shape index (κ1) is 16.1. The number of nitrogens with zero attached hydrogens (tertiary/aromatic N) is 1. The summed E-state index contributed by atoms with van der Waals surface area (Å²) in [6, 6.07) is 10.6. The van der Waals surface area contributed by atoms with Crippen molar-refractivity contribution >= 4 is 17.6 Å². The van der Waals surface area contributed by atoms with Crippen molar-refractivity contribution in [1.29, 1.82) is 0 Å². The summed E-state index contributed by atoms with van der Waals surface area (Å²) < 4.78 is 5.07. The molecule has 3 amide bonds. The van der Waals surface area contributed by atoms with Crippen LogP contribution in [0.4, 0.5) is 10.5 Å². The minimum atomic E-state index is -0.299. The average Bonchev–Trinajstić information content (AvgIpc) is 3.24. The summed E-state index contributed by atoms with van der Waals surface area (Å²) >= 11 is 0. The third-order valence-electron chi connectivity index (χ3n) is 4.08. The summed E-state index contributed by atoms with van der Waals surface area (Å²) in [7, 11) is 0. The molecule has 6 heteroatoms. The van der Waals surface area contributed by atoms with E-state index in [2.05, 4.69) is 17.6 Å². The van der Waals surface area contributed by atoms with Crippen LogP contribution in [0.1, 0.15) is 29.5 Å². The summed E-state index contributed by atoms with van der Waals surface area (Å²) in [5.74, 6) is 0.528. The third-order valence-corrected chi connectivity index (χ3v) is 4.08. The number of hydrogen-bond acceptors (Lipinski definition) is 3. The smallest absolute Gasteiger partial charge is 0.317 e. The van der Waals surface area contributed by atoms with E-state index in [1.807, 2.05) is 23.1 Å². The first-order valence-corrected chi connectivity index (χ1v) is 8.08. The summed E-state index contributed by atoms with van der Waals surface area (Å²) in [4.78, 5) is 25.9. The van der Waals surface area contributed by atoms with Crippen LogP contribution < -0.4 is 10.6 Å². The molecule has 1 saturated heterocycles. The summed E-state index contributed by atoms with van der Waals surface area (Å²) in [5.41, 5.74) is 1.59. The van der Waals surface area contributed by atoms with Gasteiger partial charge < -0.3 is 20.0 Å². The number of rotatable bonds is 4. The molecule has 3 rings (SSSR count). The van der Waals surface area contributed by atoms with Gasteiger partial charge >= 0.3 is 6.03 Å². The Morgan fingerprint density at radius 2 is 2.17 bits per heavy atom. The maximum absolute atomic E-state index is 12.1. The normalized spacial score (nSPS) is 16.9. The minimum Gasteiger partial charge on any atom is -0.459 e. The monoisotopic (exact) mass is 327 g/mol. The molecular formula is C18H21N3O3. The van der Waals surface area contributed by atoms with Gasteiger partial charge in [0.1, 0.15) is 0 Å². The zero-order chi connectivity index (χ0) is 16.9. The first-order valence-electron chi connectivity index (χ1n) is 8.08. The van der Waals surface area contributed by atoms with Gasteiger partial charge in [0.15, 0.2) is 5.76 Å². The molecule has 6 nitrogen and oxygen atoms in total. The Labute approximate surface area is 140 Å². The molecule has 126 valence electrons. The van der Waals surface area contributed by atoms with Gasteiger partial charge in [-0.25, -0.2) is 4.79 Å². The zero-order valence-corrected chi connectivity index (χ0v) is 13.6. The van der Waals surface area contributed by atoms with Gasteiger partial charge in [0.25, 0.3) is 5.91 Å². The van der Waals surface area contributed by atoms with Crippen molar-refractivity contribution in [3.05, 3.63) is 54.0 Å². The molecule has 0 radical (unpaired) electrons. The fraction of sp³-hybridized carbons (Fsp3) is 0.333. The summed E-state index contributed by atoms with van der Waals surface area (Å²) in [5, 5.41) is 5.70. The molecule has 0 bridgehead atoms. The molecule has 1 aliphatic heterocycles. The molecule has 1 aliphatic rings. The van der Waals surface area contributed by atoms with Crippen LogP contribution in [0.15, 0.2) is 47.1 Å². The molecule has 24 heavy (non-hydrogen) atoms. The van der Waals surface area contributed by atoms with Crippen molar-refractivity contribution in [2.75, 3.05) is 18.4 Å². The van der Waals surface area contributed by atoms with E-state index in [9.17, 15) is 9.59 Å². The van der Waals surface area contributed by atoms with E-state index >= 15 is 0 Å². The fourth-order valence-corrected chi connectivity index (χ4v) is 2.77. The van der Waals surface area contributed by atoms with Crippen LogP contribution in [-0.2, 0) is 6.54 Å². The Hall–Kier alpha value is -2.76. The lowest BCUT2D eigenvalue weighted by atomic mass is 10.2. The Balaban J connectivity index is 1.55. The largest absolute Gasteiger partial charge is 0.459 e. The van der Waals surface area contributed by atoms with E-state index in [0.29, 0.717) is 18.2 Å². The topological polar surface area (TPSA) is 74.6 Å². The van der Waals surface area contributed by atoms with Crippen molar-refractivity contribution in [2.24, 2.45) is 5.92 Å². The second-order valence-electron chi connectivity index (χ2n) is 6.13. The SMILES string of the molecule is C[C@@H]1CCN(C(=O)NCc2cccc(NC(=O)c3ccco3)c2)C1. The molecule has 0 unspecified atom stereocenters. The molecule has 1 fully saturated rings. The van der Waals surface area contributed by atoms with Crippen molar-refractivity contribution in [3.63, 3.8) is 0 Å². The number of hydrogen-bond donors (Lipinski definition) is 2. The maximum Gasteiger partial charge on any atom is 0.317 e. The van der Waals surface area contributed by atoms with Crippen LogP contribution in [0, 0.1) is 5.92 Å². The fourth-order valence-electron chi connectivity index (χ4n) is 2.77. The number of furan rings is 1. The highest BCUT2D eigenvalue weighted by molar-refractivity contribution is 6.02. The van der Waals surface area contributed by atoms with E-state index in [-0.39, 0.29) is 17.7 Å². The van der Waals surface area contributed by atoms with Crippen LogP contribution in [0.5, 0.6) is 0 Å². The number of carbonyl (C=O) groups is 2. The van der Waals surface area contributed by atoms with Crippen LogP contribution in [0.3, 0.4) is 0 Å². The highest BCUT2D eigenvalue weighted by atomic mass is 16.3. The summed E-state index contributed by atoms with van der Waals surface area (Å²) in [6.45, 7) is 4.20. The zero-order valence-electron chi connectivity index (χ0n) is 13.6. The Bertz CT molecular complexity index is 712. The molecule has 1 atom stereocenters. The molecule has 0 aliphatic carbocycles. The van der Waals surface area contributed by atoms with E-state index in [0.717, 1.165) is 25.1 Å². The number of carbonyl (C=O) groups excluding carboxylic acids is 2. The van der Waals surface area contributed by atoms with Crippen molar-refractivity contribution in [2.45, 2.75) is 19.9 Å². The lowest BCUT2D eigenvalue weighted by Crippen LogP contribution is -2.37. The second-order valence-corrected chi connectivity index (χ2v) is 6.13. The standard InChI is InChI=1S/C18H21N3O3/c1-13-7-8-21(12-13)18(23)19-11-14-4-2-5-15(10-14)20-17(22)16-6-3-9-24-16/h2-6,9-10,13H,7-8,11-12H2,1H3,(H,19,23)(H,20,22)/t13-/m1/s1. The lowest BCUT2D eigenvalue weighted by molar-refractivity contribution is 0.0996. The van der Waals surface area contributed by atoms with E-state index < -0.39 is 0 Å². The van der Waals surface area contributed by atoms with E-state index in [1.165, 1.54) is 6.26 Å². The predicted octanol–water partition coefficient (Wildman–Crippen LogP) is 3.08. The quantitative estimate of drug-likeness (QED) is 0.906. The van der Waals surface area contributed by atoms with Crippen LogP contribution in [0.25, 0.3) is 0 Å². The van der Waals surface area contributed by atoms with Gasteiger partial charge in [0.05, 0.1) is 6.26 Å². The second kappa shape index (κ2) is 7.21. The van der Waals surface area contributed by atoms with Gasteiger partial charge in [0, 0.05) is 25.3 Å². The molecule has 2 aromatic rings. The van der Waals surface area contributed by atoms with Gasteiger partial charge in [-0.3, -0.25) is 4.79 Å². The molecule has 2 heterocycles. The molecular weight excluding hydrogens is 306 g/mol. The van der Waals surface area contributed by atoms with Crippen LogP contribution in [0.2, 0.25) is 0 Å². The van der Waals surface area contributed by atoms with Gasteiger partial charge in [0.2, 0.25) is 0 Å². The lowest BCUT2D eigenvalue weighted by Gasteiger charge is -2.17. The number of amides is 3. The molecule has 2 N–H and O–H groups in total. The maximum atomic E-state index is 12.1. The number of urea groups is 1. The van der Waals surface area contributed by atoms with E-state index in [1.54, 1.807) is 18.2 Å². The third kappa shape index (κ3) is 3.95. The number of anilines is 1. The van der Waals surface area contributed by atoms with E-state index in [4.69, 9.17) is 4.42 Å². The summed E-state index contributed by atoms with van der Waals surface area (Å²) in [6.07, 6.45) is 2.52. The number of likely N-dealkylation sites (tertiary alicyclic amines) is 1. The molecule has 0 saturated carbocycles. The molecule has 1 aromatic carbocycles. The van der Waals surface area contributed by atoms with Gasteiger partial charge in [-0.1, -0.05) is 19.1 Å². The first-order chi connectivity index (χ1) is 11.6. The molecule has 0 spiro atoms. The average molecular weight is 327 g/mol. The highest BCUT2D eigenvalue weighted by Gasteiger charge is 2.22. The van der Waals surface area contributed by atoms with Crippen LogP contribution in [-0.4, -0.2) is 29.9 Å². The number of nitrogens with one attached hydrogen (secondary N) is 2.